The lowest BCUT2D eigenvalue weighted by Crippen LogP contribution is -2.32. The van der Waals surface area contributed by atoms with E-state index < -0.39 is 0 Å². The Morgan fingerprint density at radius 3 is 3.05 bits per heavy atom. The van der Waals surface area contributed by atoms with E-state index in [2.05, 4.69) is 10.3 Å². The topological polar surface area (TPSA) is 71.5 Å². The number of hydrogen-bond donors (Lipinski definition) is 2. The number of aromatic hydroxyl groups is 1. The number of pyridine rings is 1. The summed E-state index contributed by atoms with van der Waals surface area (Å²) >= 11 is 0. The fraction of sp³-hybridized carbons (Fsp3) is 0.200. The van der Waals surface area contributed by atoms with Crippen LogP contribution >= 0.6 is 0 Å². The van der Waals surface area contributed by atoms with Gasteiger partial charge in [0.2, 0.25) is 0 Å². The summed E-state index contributed by atoms with van der Waals surface area (Å²) in [5.74, 6) is 0.526. The second-order valence-corrected chi connectivity index (χ2v) is 4.63. The summed E-state index contributed by atoms with van der Waals surface area (Å²) < 4.78 is 5.56. The van der Waals surface area contributed by atoms with Crippen LogP contribution in [0.3, 0.4) is 0 Å². The van der Waals surface area contributed by atoms with Gasteiger partial charge in [-0.1, -0.05) is 18.2 Å². The van der Waals surface area contributed by atoms with Gasteiger partial charge in [0.1, 0.15) is 11.5 Å². The first-order valence-electron chi connectivity index (χ1n) is 6.40. The first-order chi connectivity index (χ1) is 9.74. The van der Waals surface area contributed by atoms with Gasteiger partial charge in [0, 0.05) is 18.2 Å². The number of amides is 1. The van der Waals surface area contributed by atoms with E-state index in [-0.39, 0.29) is 17.7 Å². The van der Waals surface area contributed by atoms with Crippen LogP contribution in [0.4, 0.5) is 0 Å². The number of carbonyl (C=O) groups excluding carboxylic acids is 1. The summed E-state index contributed by atoms with van der Waals surface area (Å²) in [7, 11) is 0. The van der Waals surface area contributed by atoms with E-state index in [0.29, 0.717) is 12.2 Å². The van der Waals surface area contributed by atoms with Crippen molar-refractivity contribution in [2.75, 3.05) is 6.61 Å². The molecule has 102 valence electrons. The van der Waals surface area contributed by atoms with Crippen molar-refractivity contribution in [3.8, 4) is 11.5 Å². The highest BCUT2D eigenvalue weighted by Gasteiger charge is 2.23. The molecule has 5 nitrogen and oxygen atoms in total. The van der Waals surface area contributed by atoms with Crippen molar-refractivity contribution in [1.29, 1.82) is 0 Å². The molecule has 0 spiro atoms. The summed E-state index contributed by atoms with van der Waals surface area (Å²) in [4.78, 5) is 16.0. The van der Waals surface area contributed by atoms with Crippen LogP contribution in [0.2, 0.25) is 0 Å². The van der Waals surface area contributed by atoms with Crippen LogP contribution in [0, 0.1) is 0 Å². The molecule has 1 atom stereocenters. The Hall–Kier alpha value is -2.56. The summed E-state index contributed by atoms with van der Waals surface area (Å²) in [5, 5.41) is 12.3. The highest BCUT2D eigenvalue weighted by Crippen LogP contribution is 2.31. The molecule has 1 amide bonds. The Morgan fingerprint density at radius 2 is 2.20 bits per heavy atom. The summed E-state index contributed by atoms with van der Waals surface area (Å²) in [6.07, 6.45) is 3.44. The molecular formula is C15H14N2O3. The van der Waals surface area contributed by atoms with Gasteiger partial charge in [-0.15, -0.1) is 0 Å². The maximum Gasteiger partial charge on any atom is 0.253 e. The SMILES string of the molecule is O=C(NC1CCOc2ccccc21)c1cncc(O)c1. The molecule has 0 saturated heterocycles. The lowest BCUT2D eigenvalue weighted by atomic mass is 10.0. The van der Waals surface area contributed by atoms with Crippen molar-refractivity contribution in [3.63, 3.8) is 0 Å². The van der Waals surface area contributed by atoms with Gasteiger partial charge in [-0.3, -0.25) is 9.78 Å². The molecule has 5 heteroatoms. The molecule has 20 heavy (non-hydrogen) atoms. The number of rotatable bonds is 2. The van der Waals surface area contributed by atoms with Crippen molar-refractivity contribution in [1.82, 2.24) is 10.3 Å². The molecule has 1 unspecified atom stereocenters. The Bertz CT molecular complexity index is 643. The largest absolute Gasteiger partial charge is 0.506 e. The number of hydrogen-bond acceptors (Lipinski definition) is 4. The van der Waals surface area contributed by atoms with Gasteiger partial charge < -0.3 is 15.2 Å². The molecule has 2 heterocycles. The van der Waals surface area contributed by atoms with E-state index in [0.717, 1.165) is 17.7 Å². The smallest absolute Gasteiger partial charge is 0.253 e. The molecule has 0 bridgehead atoms. The van der Waals surface area contributed by atoms with E-state index >= 15 is 0 Å². The molecular weight excluding hydrogens is 256 g/mol. The number of benzene rings is 1. The summed E-state index contributed by atoms with van der Waals surface area (Å²) in [6.45, 7) is 0.570. The van der Waals surface area contributed by atoms with Crippen LogP contribution in [0.25, 0.3) is 0 Å². The van der Waals surface area contributed by atoms with Gasteiger partial charge in [0.25, 0.3) is 5.91 Å². The number of nitrogens with zero attached hydrogens (tertiary/aromatic N) is 1. The molecule has 0 aliphatic carbocycles. The van der Waals surface area contributed by atoms with Gasteiger partial charge >= 0.3 is 0 Å². The normalized spacial score (nSPS) is 16.9. The van der Waals surface area contributed by atoms with Crippen LogP contribution in [0.15, 0.2) is 42.7 Å². The van der Waals surface area contributed by atoms with E-state index in [4.69, 9.17) is 4.74 Å². The van der Waals surface area contributed by atoms with Crippen molar-refractivity contribution >= 4 is 5.91 Å². The number of para-hydroxylation sites is 1. The van der Waals surface area contributed by atoms with Gasteiger partial charge in [-0.05, 0) is 12.1 Å². The third-order valence-corrected chi connectivity index (χ3v) is 3.25. The molecule has 1 aliphatic heterocycles. The summed E-state index contributed by atoms with van der Waals surface area (Å²) in [6, 6.07) is 8.97. The Kier molecular flexibility index (Phi) is 3.25. The zero-order valence-electron chi connectivity index (χ0n) is 10.7. The lowest BCUT2D eigenvalue weighted by Gasteiger charge is -2.26. The van der Waals surface area contributed by atoms with Crippen molar-refractivity contribution in [3.05, 3.63) is 53.9 Å². The third kappa shape index (κ3) is 2.42. The standard InChI is InChI=1S/C15H14N2O3/c18-11-7-10(8-16-9-11)15(19)17-13-5-6-20-14-4-2-1-3-12(13)14/h1-4,7-9,13,18H,5-6H2,(H,17,19). The van der Waals surface area contributed by atoms with Crippen molar-refractivity contribution in [2.24, 2.45) is 0 Å². The van der Waals surface area contributed by atoms with Gasteiger partial charge in [-0.2, -0.15) is 0 Å². The molecule has 3 rings (SSSR count). The third-order valence-electron chi connectivity index (χ3n) is 3.25. The van der Waals surface area contributed by atoms with E-state index in [1.807, 2.05) is 24.3 Å². The highest BCUT2D eigenvalue weighted by molar-refractivity contribution is 5.94. The van der Waals surface area contributed by atoms with Gasteiger partial charge in [-0.25, -0.2) is 0 Å². The maximum absolute atomic E-state index is 12.2. The van der Waals surface area contributed by atoms with Crippen LogP contribution in [-0.2, 0) is 0 Å². The maximum atomic E-state index is 12.2. The van der Waals surface area contributed by atoms with Crippen LogP contribution < -0.4 is 10.1 Å². The summed E-state index contributed by atoms with van der Waals surface area (Å²) in [5.41, 5.74) is 1.31. The average molecular weight is 270 g/mol. The van der Waals surface area contributed by atoms with Crippen LogP contribution in [-0.4, -0.2) is 22.6 Å². The monoisotopic (exact) mass is 270 g/mol. The molecule has 1 aromatic carbocycles. The number of carbonyl (C=O) groups is 1. The molecule has 0 fully saturated rings. The van der Waals surface area contributed by atoms with E-state index in [1.165, 1.54) is 18.5 Å². The zero-order valence-corrected chi connectivity index (χ0v) is 10.7. The second-order valence-electron chi connectivity index (χ2n) is 4.63. The predicted molar refractivity (Wildman–Crippen MR) is 72.7 cm³/mol. The van der Waals surface area contributed by atoms with Crippen LogP contribution in [0.5, 0.6) is 11.5 Å². The first-order valence-corrected chi connectivity index (χ1v) is 6.40. The number of ether oxygens (including phenoxy) is 1. The highest BCUT2D eigenvalue weighted by atomic mass is 16.5. The molecule has 0 saturated carbocycles. The van der Waals surface area contributed by atoms with Gasteiger partial charge in [0.15, 0.2) is 0 Å². The fourth-order valence-corrected chi connectivity index (χ4v) is 2.29. The predicted octanol–water partition coefficient (Wildman–Crippen LogP) is 2.04. The number of fused-ring (bicyclic) bond motifs is 1. The quantitative estimate of drug-likeness (QED) is 0.876. The first kappa shape index (κ1) is 12.5. The van der Waals surface area contributed by atoms with Gasteiger partial charge in [0.05, 0.1) is 24.4 Å². The fourth-order valence-electron chi connectivity index (χ4n) is 2.29. The second kappa shape index (κ2) is 5.21. The minimum atomic E-state index is -0.255. The average Bonchev–Trinajstić information content (AvgIpc) is 2.47. The minimum Gasteiger partial charge on any atom is -0.506 e. The molecule has 2 aromatic rings. The molecule has 2 N–H and O–H groups in total. The lowest BCUT2D eigenvalue weighted by molar-refractivity contribution is 0.0924. The van der Waals surface area contributed by atoms with Crippen molar-refractivity contribution < 1.29 is 14.6 Å². The number of aromatic nitrogens is 1. The van der Waals surface area contributed by atoms with E-state index in [9.17, 15) is 9.90 Å². The molecule has 0 radical (unpaired) electrons. The molecule has 1 aromatic heterocycles. The Labute approximate surface area is 116 Å². The Balaban J connectivity index is 1.81. The molecule has 1 aliphatic rings. The Morgan fingerprint density at radius 1 is 1.35 bits per heavy atom. The van der Waals surface area contributed by atoms with E-state index in [1.54, 1.807) is 0 Å². The van der Waals surface area contributed by atoms with Crippen molar-refractivity contribution in [2.45, 2.75) is 12.5 Å². The number of nitrogens with one attached hydrogen (secondary N) is 1. The van der Waals surface area contributed by atoms with Crippen LogP contribution in [0.1, 0.15) is 28.4 Å². The zero-order chi connectivity index (χ0) is 13.9. The minimum absolute atomic E-state index is 0.0231.